The maximum absolute atomic E-state index is 12.1. The SMILES string of the molecule is CC.COC(=O)c1[nH]cnc1C(=O)Nc1ccc(N)c(OC)c1. The Bertz CT molecular complexity index is 682. The Labute approximate surface area is 134 Å². The molecule has 1 aromatic heterocycles. The fourth-order valence-electron chi connectivity index (χ4n) is 1.70. The number of nitrogens with one attached hydrogen (secondary N) is 2. The Kier molecular flexibility index (Phi) is 6.60. The van der Waals surface area contributed by atoms with Crippen LogP contribution in [0.25, 0.3) is 0 Å². The largest absolute Gasteiger partial charge is 0.495 e. The van der Waals surface area contributed by atoms with Crippen LogP contribution < -0.4 is 15.8 Å². The molecule has 1 amide bonds. The van der Waals surface area contributed by atoms with Gasteiger partial charge in [0.2, 0.25) is 0 Å². The van der Waals surface area contributed by atoms with Gasteiger partial charge in [-0.3, -0.25) is 4.79 Å². The molecule has 0 saturated heterocycles. The number of nitrogen functional groups attached to an aromatic ring is 1. The van der Waals surface area contributed by atoms with Crippen LogP contribution in [0.1, 0.15) is 34.8 Å². The van der Waals surface area contributed by atoms with E-state index in [-0.39, 0.29) is 11.4 Å². The van der Waals surface area contributed by atoms with Crippen molar-refractivity contribution in [2.75, 3.05) is 25.3 Å². The molecule has 8 heteroatoms. The molecule has 0 radical (unpaired) electrons. The highest BCUT2D eigenvalue weighted by molar-refractivity contribution is 6.09. The lowest BCUT2D eigenvalue weighted by atomic mass is 10.2. The average molecular weight is 320 g/mol. The van der Waals surface area contributed by atoms with E-state index in [4.69, 9.17) is 10.5 Å². The number of nitrogens with two attached hydrogens (primary N) is 1. The highest BCUT2D eigenvalue weighted by Gasteiger charge is 2.21. The number of imidazole rings is 1. The molecule has 0 saturated carbocycles. The minimum absolute atomic E-state index is 0.0163. The number of methoxy groups -OCH3 is 2. The molecule has 2 rings (SSSR count). The molecule has 1 heterocycles. The van der Waals surface area contributed by atoms with Crippen molar-refractivity contribution in [3.8, 4) is 5.75 Å². The Hall–Kier alpha value is -3.03. The van der Waals surface area contributed by atoms with Crippen LogP contribution in [-0.4, -0.2) is 36.1 Å². The third-order valence-corrected chi connectivity index (χ3v) is 2.74. The number of anilines is 2. The predicted molar refractivity (Wildman–Crippen MR) is 86.6 cm³/mol. The van der Waals surface area contributed by atoms with Crippen molar-refractivity contribution in [2.45, 2.75) is 13.8 Å². The summed E-state index contributed by atoms with van der Waals surface area (Å²) in [5.41, 5.74) is 6.53. The first-order valence-electron chi connectivity index (χ1n) is 6.93. The van der Waals surface area contributed by atoms with Gasteiger partial charge >= 0.3 is 5.97 Å². The van der Waals surface area contributed by atoms with Crippen LogP contribution in [0.2, 0.25) is 0 Å². The molecule has 0 aliphatic carbocycles. The van der Waals surface area contributed by atoms with E-state index in [2.05, 4.69) is 20.0 Å². The van der Waals surface area contributed by atoms with Crippen molar-refractivity contribution < 1.29 is 19.1 Å². The second-order valence-corrected chi connectivity index (χ2v) is 4.03. The molecule has 2 aromatic rings. The third kappa shape index (κ3) is 4.22. The summed E-state index contributed by atoms with van der Waals surface area (Å²) in [5, 5.41) is 2.60. The lowest BCUT2D eigenvalue weighted by molar-refractivity contribution is 0.0591. The number of H-pyrrole nitrogens is 1. The second kappa shape index (κ2) is 8.42. The summed E-state index contributed by atoms with van der Waals surface area (Å²) in [6.07, 6.45) is 1.24. The van der Waals surface area contributed by atoms with E-state index in [1.54, 1.807) is 18.2 Å². The van der Waals surface area contributed by atoms with Gasteiger partial charge in [0, 0.05) is 11.8 Å². The van der Waals surface area contributed by atoms with Gasteiger partial charge < -0.3 is 25.5 Å². The maximum Gasteiger partial charge on any atom is 0.356 e. The average Bonchev–Trinajstić information content (AvgIpc) is 3.07. The van der Waals surface area contributed by atoms with Gasteiger partial charge in [0.05, 0.1) is 26.2 Å². The van der Waals surface area contributed by atoms with Gasteiger partial charge in [-0.1, -0.05) is 13.8 Å². The lowest BCUT2D eigenvalue weighted by Gasteiger charge is -2.08. The molecule has 23 heavy (non-hydrogen) atoms. The zero-order valence-corrected chi connectivity index (χ0v) is 13.5. The summed E-state index contributed by atoms with van der Waals surface area (Å²) in [5.74, 6) is -0.793. The van der Waals surface area contributed by atoms with Crippen LogP contribution >= 0.6 is 0 Å². The first-order valence-corrected chi connectivity index (χ1v) is 6.93. The highest BCUT2D eigenvalue weighted by Crippen LogP contribution is 2.25. The second-order valence-electron chi connectivity index (χ2n) is 4.03. The van der Waals surface area contributed by atoms with Gasteiger partial charge in [-0.15, -0.1) is 0 Å². The van der Waals surface area contributed by atoms with Crippen LogP contribution in [0.5, 0.6) is 5.75 Å². The first kappa shape index (κ1) is 18.0. The number of hydrogen-bond donors (Lipinski definition) is 3. The summed E-state index contributed by atoms with van der Waals surface area (Å²) < 4.78 is 9.63. The van der Waals surface area contributed by atoms with Gasteiger partial charge in [-0.25, -0.2) is 9.78 Å². The van der Waals surface area contributed by atoms with Gasteiger partial charge in [0.25, 0.3) is 5.91 Å². The molecule has 4 N–H and O–H groups in total. The standard InChI is InChI=1S/C13H14N4O4.C2H6/c1-20-9-5-7(3-4-8(9)14)17-12(18)10-11(13(19)21-2)16-6-15-10;1-2/h3-6H,14H2,1-2H3,(H,15,16)(H,17,18);1-2H3. The van der Waals surface area contributed by atoms with Crippen LogP contribution in [0, 0.1) is 0 Å². The number of nitrogens with zero attached hydrogens (tertiary/aromatic N) is 1. The van der Waals surface area contributed by atoms with Crippen molar-refractivity contribution >= 4 is 23.3 Å². The van der Waals surface area contributed by atoms with E-state index < -0.39 is 11.9 Å². The number of ether oxygens (including phenoxy) is 2. The summed E-state index contributed by atoms with van der Waals surface area (Å²) in [6, 6.07) is 4.78. The maximum atomic E-state index is 12.1. The van der Waals surface area contributed by atoms with E-state index in [0.717, 1.165) is 0 Å². The number of aromatic nitrogens is 2. The Balaban J connectivity index is 0.00000127. The summed E-state index contributed by atoms with van der Waals surface area (Å²) in [4.78, 5) is 30.0. The normalized spacial score (nSPS) is 9.39. The third-order valence-electron chi connectivity index (χ3n) is 2.74. The molecule has 124 valence electrons. The molecule has 8 nitrogen and oxygen atoms in total. The highest BCUT2D eigenvalue weighted by atomic mass is 16.5. The summed E-state index contributed by atoms with van der Waals surface area (Å²) >= 11 is 0. The molecule has 0 atom stereocenters. The predicted octanol–water partition coefficient (Wildman–Crippen LogP) is 2.07. The fraction of sp³-hybridized carbons (Fsp3) is 0.267. The Morgan fingerprint density at radius 1 is 1.26 bits per heavy atom. The monoisotopic (exact) mass is 320 g/mol. The number of hydrogen-bond acceptors (Lipinski definition) is 6. The first-order chi connectivity index (χ1) is 11.1. The molecule has 0 bridgehead atoms. The zero-order chi connectivity index (χ0) is 17.4. The zero-order valence-electron chi connectivity index (χ0n) is 13.5. The van der Waals surface area contributed by atoms with E-state index in [1.165, 1.54) is 20.5 Å². The minimum Gasteiger partial charge on any atom is -0.495 e. The van der Waals surface area contributed by atoms with E-state index >= 15 is 0 Å². The van der Waals surface area contributed by atoms with E-state index in [1.807, 2.05) is 13.8 Å². The number of carbonyl (C=O) groups is 2. The van der Waals surface area contributed by atoms with Gasteiger partial charge in [0.15, 0.2) is 11.4 Å². The van der Waals surface area contributed by atoms with Crippen molar-refractivity contribution in [1.29, 1.82) is 0 Å². The van der Waals surface area contributed by atoms with E-state index in [9.17, 15) is 9.59 Å². The smallest absolute Gasteiger partial charge is 0.356 e. The molecule has 0 fully saturated rings. The van der Waals surface area contributed by atoms with Gasteiger partial charge in [0.1, 0.15) is 5.75 Å². The van der Waals surface area contributed by atoms with Crippen molar-refractivity contribution in [3.05, 3.63) is 35.9 Å². The van der Waals surface area contributed by atoms with Crippen LogP contribution in [0.4, 0.5) is 11.4 Å². The molecule has 0 aliphatic rings. The van der Waals surface area contributed by atoms with Crippen LogP contribution in [0.3, 0.4) is 0 Å². The van der Waals surface area contributed by atoms with Crippen molar-refractivity contribution in [2.24, 2.45) is 0 Å². The molecule has 1 aromatic carbocycles. The molecule has 0 aliphatic heterocycles. The van der Waals surface area contributed by atoms with Crippen LogP contribution in [-0.2, 0) is 4.74 Å². The molecular weight excluding hydrogens is 300 g/mol. The Morgan fingerprint density at radius 2 is 1.96 bits per heavy atom. The van der Waals surface area contributed by atoms with Gasteiger partial charge in [-0.2, -0.15) is 0 Å². The Morgan fingerprint density at radius 3 is 2.57 bits per heavy atom. The summed E-state index contributed by atoms with van der Waals surface area (Å²) in [7, 11) is 2.69. The molecule has 0 unspecified atom stereocenters. The van der Waals surface area contributed by atoms with E-state index in [0.29, 0.717) is 17.1 Å². The number of amides is 1. The topological polar surface area (TPSA) is 119 Å². The number of rotatable bonds is 4. The fourth-order valence-corrected chi connectivity index (χ4v) is 1.70. The molecular formula is C15H20N4O4. The number of esters is 1. The molecule has 0 spiro atoms. The van der Waals surface area contributed by atoms with Crippen molar-refractivity contribution in [1.82, 2.24) is 9.97 Å². The summed E-state index contributed by atoms with van der Waals surface area (Å²) in [6.45, 7) is 4.00. The number of carbonyl (C=O) groups excluding carboxylic acids is 2. The van der Waals surface area contributed by atoms with Gasteiger partial charge in [-0.05, 0) is 12.1 Å². The lowest BCUT2D eigenvalue weighted by Crippen LogP contribution is -2.17. The van der Waals surface area contributed by atoms with Crippen LogP contribution in [0.15, 0.2) is 24.5 Å². The number of aromatic amines is 1. The minimum atomic E-state index is -0.674. The number of benzene rings is 1. The van der Waals surface area contributed by atoms with Crippen molar-refractivity contribution in [3.63, 3.8) is 0 Å². The quantitative estimate of drug-likeness (QED) is 0.586.